The third-order valence-corrected chi connectivity index (χ3v) is 5.25. The number of nitrogens with zero attached hydrogens (tertiary/aromatic N) is 1. The maximum atomic E-state index is 11.8. The average Bonchev–Trinajstić information content (AvgIpc) is 1.98. The molecule has 1 fully saturated rings. The first-order valence-corrected chi connectivity index (χ1v) is 7.55. The minimum Gasteiger partial charge on any atom is -0.367 e. The van der Waals surface area contributed by atoms with Gasteiger partial charge in [-0.1, -0.05) is 15.9 Å². The summed E-state index contributed by atoms with van der Waals surface area (Å²) in [5.74, 6) is 0. The monoisotopic (exact) mass is 299 g/mol. The van der Waals surface area contributed by atoms with Gasteiger partial charge in [-0.05, 0) is 27.7 Å². The van der Waals surface area contributed by atoms with Crippen LogP contribution in [0.2, 0.25) is 0 Å². The van der Waals surface area contributed by atoms with E-state index in [1.54, 1.807) is 0 Å². The van der Waals surface area contributed by atoms with Gasteiger partial charge < -0.3 is 4.74 Å². The van der Waals surface area contributed by atoms with E-state index in [1.165, 1.54) is 4.31 Å². The van der Waals surface area contributed by atoms with E-state index < -0.39 is 21.2 Å². The third kappa shape index (κ3) is 3.41. The lowest BCUT2D eigenvalue weighted by Gasteiger charge is -2.46. The Morgan fingerprint density at radius 2 is 1.60 bits per heavy atom. The summed E-state index contributed by atoms with van der Waals surface area (Å²) in [5.41, 5.74) is -0.867. The second-order valence-electron chi connectivity index (χ2n) is 5.11. The van der Waals surface area contributed by atoms with Crippen LogP contribution >= 0.6 is 15.9 Å². The van der Waals surface area contributed by atoms with Crippen molar-refractivity contribution in [1.29, 1.82) is 0 Å². The lowest BCUT2D eigenvalue weighted by molar-refractivity contribution is -0.163. The summed E-state index contributed by atoms with van der Waals surface area (Å²) in [4.78, 5) is 0. The van der Waals surface area contributed by atoms with Crippen LogP contribution in [0.3, 0.4) is 0 Å². The number of halogens is 1. The van der Waals surface area contributed by atoms with E-state index in [2.05, 4.69) is 15.9 Å². The van der Waals surface area contributed by atoms with Gasteiger partial charge in [-0.3, -0.25) is 0 Å². The number of hydrogen-bond acceptors (Lipinski definition) is 3. The smallest absolute Gasteiger partial charge is 0.224 e. The van der Waals surface area contributed by atoms with E-state index >= 15 is 0 Å². The Bertz CT molecular complexity index is 321. The molecule has 0 unspecified atom stereocenters. The van der Waals surface area contributed by atoms with Crippen LogP contribution in [0.4, 0.5) is 0 Å². The highest BCUT2D eigenvalue weighted by atomic mass is 79.9. The molecule has 0 aromatic heterocycles. The van der Waals surface area contributed by atoms with Crippen LogP contribution in [-0.2, 0) is 14.8 Å². The minimum absolute atomic E-state index is 0.0356. The topological polar surface area (TPSA) is 46.6 Å². The Morgan fingerprint density at radius 3 is 1.93 bits per heavy atom. The number of morpholine rings is 1. The highest BCUT2D eigenvalue weighted by Gasteiger charge is 2.42. The first kappa shape index (κ1) is 13.4. The largest absolute Gasteiger partial charge is 0.367 e. The highest BCUT2D eigenvalue weighted by molar-refractivity contribution is 9.10. The predicted molar refractivity (Wildman–Crippen MR) is 63.5 cm³/mol. The van der Waals surface area contributed by atoms with Gasteiger partial charge in [-0.25, -0.2) is 8.42 Å². The predicted octanol–water partition coefficient (Wildman–Crippen LogP) is 1.56. The first-order chi connectivity index (χ1) is 6.58. The fourth-order valence-corrected chi connectivity index (χ4v) is 4.01. The van der Waals surface area contributed by atoms with Gasteiger partial charge in [0.2, 0.25) is 10.0 Å². The lowest BCUT2D eigenvalue weighted by Crippen LogP contribution is -2.58. The molecule has 1 saturated heterocycles. The molecule has 15 heavy (non-hydrogen) atoms. The van der Waals surface area contributed by atoms with Crippen molar-refractivity contribution in [3.63, 3.8) is 0 Å². The SMILES string of the molecule is CC1(C)CN(S(=O)(=O)CBr)CC(C)(C)O1. The van der Waals surface area contributed by atoms with Gasteiger partial charge in [0.1, 0.15) is 4.66 Å². The van der Waals surface area contributed by atoms with Crippen LogP contribution in [-0.4, -0.2) is 41.7 Å². The number of alkyl halides is 1. The van der Waals surface area contributed by atoms with Crippen LogP contribution in [0.1, 0.15) is 27.7 Å². The van der Waals surface area contributed by atoms with E-state index in [-0.39, 0.29) is 4.66 Å². The van der Waals surface area contributed by atoms with Crippen LogP contribution in [0.15, 0.2) is 0 Å². The summed E-state index contributed by atoms with van der Waals surface area (Å²) in [6.45, 7) is 8.44. The van der Waals surface area contributed by atoms with E-state index in [1.807, 2.05) is 27.7 Å². The third-order valence-electron chi connectivity index (χ3n) is 2.20. The summed E-state index contributed by atoms with van der Waals surface area (Å²) in [5, 5.41) is 0. The molecule has 0 amide bonds. The molecular weight excluding hydrogens is 282 g/mol. The lowest BCUT2D eigenvalue weighted by atomic mass is 10.0. The maximum absolute atomic E-state index is 11.8. The summed E-state index contributed by atoms with van der Waals surface area (Å²) in [6, 6.07) is 0. The van der Waals surface area contributed by atoms with Crippen molar-refractivity contribution in [1.82, 2.24) is 4.31 Å². The summed E-state index contributed by atoms with van der Waals surface area (Å²) >= 11 is 3.01. The molecule has 0 bridgehead atoms. The molecule has 0 aromatic carbocycles. The van der Waals surface area contributed by atoms with Crippen LogP contribution < -0.4 is 0 Å². The van der Waals surface area contributed by atoms with Gasteiger partial charge >= 0.3 is 0 Å². The molecule has 1 heterocycles. The first-order valence-electron chi connectivity index (χ1n) is 4.82. The van der Waals surface area contributed by atoms with Gasteiger partial charge in [0.05, 0.1) is 11.2 Å². The van der Waals surface area contributed by atoms with Gasteiger partial charge in [0.15, 0.2) is 0 Å². The van der Waals surface area contributed by atoms with E-state index in [0.29, 0.717) is 13.1 Å². The molecule has 1 aliphatic rings. The number of ether oxygens (including phenoxy) is 1. The molecule has 6 heteroatoms. The molecule has 0 radical (unpaired) electrons. The van der Waals surface area contributed by atoms with Gasteiger partial charge in [-0.15, -0.1) is 0 Å². The molecule has 0 N–H and O–H groups in total. The number of rotatable bonds is 2. The zero-order valence-electron chi connectivity index (χ0n) is 9.58. The number of hydrogen-bond donors (Lipinski definition) is 0. The standard InChI is InChI=1S/C9H18BrNO3S/c1-8(2)5-11(15(12,13)7-10)6-9(3,4)14-8/h5-7H2,1-4H3. The minimum atomic E-state index is -3.19. The molecule has 0 aromatic rings. The van der Waals surface area contributed by atoms with Gasteiger partial charge in [0.25, 0.3) is 0 Å². The zero-order valence-corrected chi connectivity index (χ0v) is 12.0. The Hall–Kier alpha value is 0.350. The Morgan fingerprint density at radius 1 is 1.20 bits per heavy atom. The molecule has 1 rings (SSSR count). The van der Waals surface area contributed by atoms with Crippen LogP contribution in [0.5, 0.6) is 0 Å². The molecule has 1 aliphatic heterocycles. The summed E-state index contributed by atoms with van der Waals surface area (Å²) in [6.07, 6.45) is 0. The highest BCUT2D eigenvalue weighted by Crippen LogP contribution is 2.29. The van der Waals surface area contributed by atoms with Crippen molar-refractivity contribution >= 4 is 26.0 Å². The Kier molecular flexibility index (Phi) is 3.56. The molecule has 0 aliphatic carbocycles. The van der Waals surface area contributed by atoms with Crippen molar-refractivity contribution in [2.45, 2.75) is 38.9 Å². The molecule has 90 valence electrons. The fourth-order valence-electron chi connectivity index (χ4n) is 1.98. The van der Waals surface area contributed by atoms with Crippen molar-refractivity contribution in [2.75, 3.05) is 17.8 Å². The van der Waals surface area contributed by atoms with Crippen molar-refractivity contribution < 1.29 is 13.2 Å². The number of sulfonamides is 1. The quantitative estimate of drug-likeness (QED) is 0.727. The Balaban J connectivity index is 2.95. The summed E-state index contributed by atoms with van der Waals surface area (Å²) in [7, 11) is -3.19. The van der Waals surface area contributed by atoms with Crippen LogP contribution in [0.25, 0.3) is 0 Å². The van der Waals surface area contributed by atoms with Crippen molar-refractivity contribution in [3.8, 4) is 0 Å². The second kappa shape index (κ2) is 3.98. The molecule has 0 saturated carbocycles. The van der Waals surface area contributed by atoms with Crippen molar-refractivity contribution in [2.24, 2.45) is 0 Å². The molecular formula is C9H18BrNO3S. The molecule has 0 spiro atoms. The van der Waals surface area contributed by atoms with Gasteiger partial charge in [0, 0.05) is 13.1 Å². The Labute approximate surface area is 100 Å². The van der Waals surface area contributed by atoms with Crippen LogP contribution in [0, 0.1) is 0 Å². The average molecular weight is 300 g/mol. The summed E-state index contributed by atoms with van der Waals surface area (Å²) < 4.78 is 30.8. The van der Waals surface area contributed by atoms with E-state index in [4.69, 9.17) is 4.74 Å². The maximum Gasteiger partial charge on any atom is 0.224 e. The second-order valence-corrected chi connectivity index (χ2v) is 8.38. The fraction of sp³-hybridized carbons (Fsp3) is 1.00. The van der Waals surface area contributed by atoms with Gasteiger partial charge in [-0.2, -0.15) is 4.31 Å². The molecule has 0 atom stereocenters. The van der Waals surface area contributed by atoms with E-state index in [9.17, 15) is 8.42 Å². The zero-order chi connectivity index (χ0) is 11.9. The normalized spacial score (nSPS) is 26.5. The molecule has 4 nitrogen and oxygen atoms in total. The van der Waals surface area contributed by atoms with Crippen molar-refractivity contribution in [3.05, 3.63) is 0 Å². The van der Waals surface area contributed by atoms with E-state index in [0.717, 1.165) is 0 Å².